The van der Waals surface area contributed by atoms with Gasteiger partial charge in [-0.2, -0.15) is 5.10 Å². The highest BCUT2D eigenvalue weighted by Gasteiger charge is 2.33. The summed E-state index contributed by atoms with van der Waals surface area (Å²) in [6.07, 6.45) is 1.89. The Morgan fingerprint density at radius 3 is 2.66 bits per heavy atom. The molecular formula is C29H33N9O6. The number of piperidine rings is 1. The Labute approximate surface area is 253 Å². The number of ether oxygens (including phenoxy) is 2. The number of carbonyl (C=O) groups excluding carboxylic acids is 2. The molecule has 1 aliphatic heterocycles. The van der Waals surface area contributed by atoms with E-state index in [0.717, 1.165) is 15.9 Å². The molecule has 15 nitrogen and oxygen atoms in total. The number of hydrogen-bond acceptors (Lipinski definition) is 10. The van der Waals surface area contributed by atoms with Crippen LogP contribution in [-0.2, 0) is 16.5 Å². The highest BCUT2D eigenvalue weighted by Crippen LogP contribution is 2.31. The maximum absolute atomic E-state index is 14.0. The summed E-state index contributed by atoms with van der Waals surface area (Å²) in [5.74, 6) is 0.488. The average molecular weight is 604 g/mol. The van der Waals surface area contributed by atoms with Gasteiger partial charge in [0, 0.05) is 37.5 Å². The fourth-order valence-electron chi connectivity index (χ4n) is 5.16. The van der Waals surface area contributed by atoms with E-state index >= 15 is 0 Å². The molecule has 15 heteroatoms. The van der Waals surface area contributed by atoms with Gasteiger partial charge in [0.2, 0.25) is 12.1 Å². The van der Waals surface area contributed by atoms with E-state index in [4.69, 9.17) is 9.47 Å². The molecule has 2 atom stereocenters. The van der Waals surface area contributed by atoms with E-state index in [0.29, 0.717) is 42.0 Å². The quantitative estimate of drug-likeness (QED) is 0.289. The summed E-state index contributed by atoms with van der Waals surface area (Å²) in [6.45, 7) is 5.94. The first kappa shape index (κ1) is 30.1. The van der Waals surface area contributed by atoms with Gasteiger partial charge in [-0.3, -0.25) is 14.4 Å². The zero-order valence-corrected chi connectivity index (χ0v) is 24.8. The van der Waals surface area contributed by atoms with Crippen molar-refractivity contribution in [2.45, 2.75) is 45.9 Å². The molecule has 1 saturated heterocycles. The van der Waals surface area contributed by atoms with Gasteiger partial charge in [0.25, 0.3) is 5.91 Å². The number of tetrazole rings is 1. The zero-order chi connectivity index (χ0) is 31.4. The molecule has 44 heavy (non-hydrogen) atoms. The average Bonchev–Trinajstić information content (AvgIpc) is 3.65. The van der Waals surface area contributed by atoms with Crippen molar-refractivity contribution in [1.29, 1.82) is 0 Å². The molecule has 4 aromatic rings. The molecule has 2 amide bonds. The predicted molar refractivity (Wildman–Crippen MR) is 157 cm³/mol. The molecule has 1 aromatic carbocycles. The van der Waals surface area contributed by atoms with E-state index in [1.807, 2.05) is 13.0 Å². The minimum absolute atomic E-state index is 0.176. The van der Waals surface area contributed by atoms with Gasteiger partial charge in [-0.1, -0.05) is 18.2 Å². The number of rotatable bonds is 8. The Bertz CT molecular complexity index is 1650. The maximum atomic E-state index is 14.0. The molecule has 0 spiro atoms. The van der Waals surface area contributed by atoms with Crippen molar-refractivity contribution in [3.63, 3.8) is 0 Å². The number of pyridine rings is 1. The summed E-state index contributed by atoms with van der Waals surface area (Å²) < 4.78 is 11.6. The van der Waals surface area contributed by atoms with E-state index in [9.17, 15) is 19.5 Å². The van der Waals surface area contributed by atoms with Crippen LogP contribution in [0.15, 0.2) is 48.8 Å². The molecule has 1 N–H and O–H groups in total. The molecule has 0 saturated carbocycles. The molecular weight excluding hydrogens is 570 g/mol. The van der Waals surface area contributed by atoms with Gasteiger partial charge in [0.1, 0.15) is 11.5 Å². The molecule has 0 bridgehead atoms. The van der Waals surface area contributed by atoms with Crippen molar-refractivity contribution in [1.82, 2.24) is 39.9 Å². The number of likely N-dealkylation sites (tertiary alicyclic amines) is 1. The molecule has 0 aliphatic carbocycles. The first-order valence-electron chi connectivity index (χ1n) is 14.2. The highest BCUT2D eigenvalue weighted by molar-refractivity contribution is 6.06. The van der Waals surface area contributed by atoms with E-state index < -0.39 is 18.5 Å². The second-order valence-corrected chi connectivity index (χ2v) is 10.3. The van der Waals surface area contributed by atoms with E-state index in [1.54, 1.807) is 73.2 Å². The van der Waals surface area contributed by atoms with Crippen LogP contribution in [0, 0.1) is 6.92 Å². The van der Waals surface area contributed by atoms with Crippen LogP contribution in [0.2, 0.25) is 0 Å². The molecule has 230 valence electrons. The van der Waals surface area contributed by atoms with Crippen molar-refractivity contribution in [2.75, 3.05) is 24.6 Å². The van der Waals surface area contributed by atoms with Gasteiger partial charge < -0.3 is 19.5 Å². The van der Waals surface area contributed by atoms with Crippen LogP contribution in [-0.4, -0.2) is 88.9 Å². The lowest BCUT2D eigenvalue weighted by Crippen LogP contribution is -2.52. The Hall–Kier alpha value is -5.34. The van der Waals surface area contributed by atoms with Crippen molar-refractivity contribution in [3.8, 4) is 22.6 Å². The molecule has 3 aromatic heterocycles. The number of aryl methyl sites for hydroxylation is 2. The third-order valence-corrected chi connectivity index (χ3v) is 7.34. The van der Waals surface area contributed by atoms with Crippen LogP contribution >= 0.6 is 0 Å². The first-order valence-corrected chi connectivity index (χ1v) is 14.2. The van der Waals surface area contributed by atoms with E-state index in [1.165, 1.54) is 4.90 Å². The van der Waals surface area contributed by atoms with Crippen molar-refractivity contribution in [2.24, 2.45) is 7.05 Å². The topological polar surface area (TPSA) is 171 Å². The Kier molecular flexibility index (Phi) is 8.83. The highest BCUT2D eigenvalue weighted by atomic mass is 16.7. The smallest absolute Gasteiger partial charge is 0.465 e. The number of hydrogen-bond donors (Lipinski definition) is 1. The molecule has 4 heterocycles. The first-order chi connectivity index (χ1) is 21.2. The summed E-state index contributed by atoms with van der Waals surface area (Å²) >= 11 is 0. The zero-order valence-electron chi connectivity index (χ0n) is 24.8. The molecule has 1 aliphatic rings. The normalized spacial score (nSPS) is 15.5. The second-order valence-electron chi connectivity index (χ2n) is 10.3. The lowest BCUT2D eigenvalue weighted by atomic mass is 10.0. The van der Waals surface area contributed by atoms with Crippen LogP contribution in [0.1, 0.15) is 48.8 Å². The molecule has 5 rings (SSSR count). The molecule has 1 fully saturated rings. The lowest BCUT2D eigenvalue weighted by Gasteiger charge is -2.38. The fourth-order valence-corrected chi connectivity index (χ4v) is 5.16. The van der Waals surface area contributed by atoms with Crippen molar-refractivity contribution in [3.05, 3.63) is 59.9 Å². The Morgan fingerprint density at radius 2 is 1.95 bits per heavy atom. The standard InChI is InChI=1S/C29H33N9O6/c1-5-43-29(42)44-19(3)38-33-25(32-34-38)24-23(16-31-35(24)4)20-10-12-21(13-11-20)27(39)37(26-18(2)8-6-14-30-26)22-9-7-15-36(17-22)28(40)41/h6,8,10-14,16,19,22H,5,7,9,15,17H2,1-4H3,(H,40,41)/t19-,22-/m1/s1. The molecule has 0 unspecified atom stereocenters. The van der Waals surface area contributed by atoms with Crippen LogP contribution in [0.3, 0.4) is 0 Å². The van der Waals surface area contributed by atoms with Gasteiger partial charge in [0.05, 0.1) is 18.8 Å². The van der Waals surface area contributed by atoms with Gasteiger partial charge in [-0.25, -0.2) is 14.6 Å². The summed E-state index contributed by atoms with van der Waals surface area (Å²) in [4.78, 5) is 46.1. The van der Waals surface area contributed by atoms with Crippen LogP contribution in [0.4, 0.5) is 15.4 Å². The number of aromatic nitrogens is 7. The van der Waals surface area contributed by atoms with Gasteiger partial charge >= 0.3 is 12.2 Å². The number of carbonyl (C=O) groups is 3. The minimum atomic E-state index is -1.01. The van der Waals surface area contributed by atoms with Gasteiger partial charge in [-0.05, 0) is 68.2 Å². The summed E-state index contributed by atoms with van der Waals surface area (Å²) in [5, 5.41) is 26.5. The summed E-state index contributed by atoms with van der Waals surface area (Å²) in [7, 11) is 1.74. The Balaban J connectivity index is 1.42. The minimum Gasteiger partial charge on any atom is -0.465 e. The third-order valence-electron chi connectivity index (χ3n) is 7.34. The van der Waals surface area contributed by atoms with E-state index in [-0.39, 0.29) is 30.9 Å². The van der Waals surface area contributed by atoms with Gasteiger partial charge in [-0.15, -0.1) is 15.0 Å². The SMILES string of the molecule is CCOC(=O)O[C@H](C)n1nnc(-c2c(-c3ccc(C(=O)N(c4ncccc4C)[C@@H]4CCCN(C(=O)O)C4)cc3)cnn2C)n1. The monoisotopic (exact) mass is 603 g/mol. The van der Waals surface area contributed by atoms with Crippen LogP contribution in [0.5, 0.6) is 0 Å². The fraction of sp³-hybridized carbons (Fsp3) is 0.379. The number of carboxylic acid groups (broad SMARTS) is 1. The number of benzene rings is 1. The van der Waals surface area contributed by atoms with Crippen molar-refractivity contribution < 1.29 is 29.0 Å². The number of nitrogens with zero attached hydrogens (tertiary/aromatic N) is 9. The summed E-state index contributed by atoms with van der Waals surface area (Å²) in [5.41, 5.74) is 3.26. The molecule has 0 radical (unpaired) electrons. The Morgan fingerprint density at radius 1 is 1.18 bits per heavy atom. The largest absolute Gasteiger partial charge is 0.510 e. The predicted octanol–water partition coefficient (Wildman–Crippen LogP) is 3.92. The van der Waals surface area contributed by atoms with Gasteiger partial charge in [0.15, 0.2) is 0 Å². The summed E-state index contributed by atoms with van der Waals surface area (Å²) in [6, 6.07) is 10.4. The number of anilines is 1. The van der Waals surface area contributed by atoms with Crippen LogP contribution in [0.25, 0.3) is 22.6 Å². The maximum Gasteiger partial charge on any atom is 0.510 e. The van der Waals surface area contributed by atoms with Crippen LogP contribution < -0.4 is 4.90 Å². The van der Waals surface area contributed by atoms with E-state index in [2.05, 4.69) is 25.5 Å². The number of amides is 2. The lowest BCUT2D eigenvalue weighted by molar-refractivity contribution is -0.00514. The van der Waals surface area contributed by atoms with Crippen molar-refractivity contribution >= 4 is 24.0 Å². The third kappa shape index (κ3) is 6.21. The second kappa shape index (κ2) is 12.9.